The molecule has 7 heteroatoms. The zero-order valence-electron chi connectivity index (χ0n) is 8.46. The molecule has 0 bridgehead atoms. The molecule has 1 aromatic heterocycles. The average molecular weight is 315 g/mol. The number of aromatic nitrogens is 1. The van der Waals surface area contributed by atoms with E-state index in [0.29, 0.717) is 20.1 Å². The molecular formula is C10H7BrN2O3S. The van der Waals surface area contributed by atoms with Crippen LogP contribution in [0, 0.1) is 10.1 Å². The summed E-state index contributed by atoms with van der Waals surface area (Å²) in [5.74, 6) is 0. The van der Waals surface area contributed by atoms with E-state index >= 15 is 0 Å². The van der Waals surface area contributed by atoms with Crippen LogP contribution in [0.3, 0.4) is 0 Å². The molecule has 17 heavy (non-hydrogen) atoms. The van der Waals surface area contributed by atoms with Crippen molar-refractivity contribution in [1.82, 2.24) is 4.98 Å². The quantitative estimate of drug-likeness (QED) is 0.698. The van der Waals surface area contributed by atoms with E-state index in [9.17, 15) is 15.2 Å². The lowest BCUT2D eigenvalue weighted by Gasteiger charge is -1.99. The van der Waals surface area contributed by atoms with Gasteiger partial charge in [0.15, 0.2) is 3.92 Å². The van der Waals surface area contributed by atoms with Gasteiger partial charge in [0.25, 0.3) is 5.69 Å². The van der Waals surface area contributed by atoms with Gasteiger partial charge in [-0.3, -0.25) is 10.1 Å². The second-order valence-corrected chi connectivity index (χ2v) is 5.56. The van der Waals surface area contributed by atoms with Crippen LogP contribution in [-0.2, 0) is 6.61 Å². The number of rotatable bonds is 3. The third-order valence-electron chi connectivity index (χ3n) is 2.15. The van der Waals surface area contributed by atoms with Gasteiger partial charge in [-0.15, -0.1) is 11.3 Å². The molecule has 0 aliphatic heterocycles. The van der Waals surface area contributed by atoms with E-state index in [0.717, 1.165) is 0 Å². The Morgan fingerprint density at radius 3 is 2.94 bits per heavy atom. The van der Waals surface area contributed by atoms with Crippen molar-refractivity contribution in [1.29, 1.82) is 0 Å². The lowest BCUT2D eigenvalue weighted by Crippen LogP contribution is -1.90. The lowest BCUT2D eigenvalue weighted by atomic mass is 10.1. The zero-order chi connectivity index (χ0) is 12.4. The zero-order valence-corrected chi connectivity index (χ0v) is 10.9. The molecule has 0 amide bonds. The van der Waals surface area contributed by atoms with Crippen molar-refractivity contribution in [2.45, 2.75) is 6.61 Å². The van der Waals surface area contributed by atoms with Crippen molar-refractivity contribution < 1.29 is 10.0 Å². The van der Waals surface area contributed by atoms with Crippen LogP contribution < -0.4 is 0 Å². The van der Waals surface area contributed by atoms with Gasteiger partial charge in [-0.25, -0.2) is 4.98 Å². The third kappa shape index (κ3) is 2.51. The fourth-order valence-corrected chi connectivity index (χ4v) is 2.85. The predicted octanol–water partition coefficient (Wildman–Crippen LogP) is 2.97. The number of nitro groups is 1. The van der Waals surface area contributed by atoms with Crippen LogP contribution in [-0.4, -0.2) is 15.0 Å². The van der Waals surface area contributed by atoms with Crippen LogP contribution in [0.25, 0.3) is 11.3 Å². The molecule has 0 atom stereocenters. The van der Waals surface area contributed by atoms with Crippen LogP contribution in [0.15, 0.2) is 28.2 Å². The smallest absolute Gasteiger partial charge is 0.270 e. The summed E-state index contributed by atoms with van der Waals surface area (Å²) >= 11 is 4.54. The molecule has 2 rings (SSSR count). The van der Waals surface area contributed by atoms with Gasteiger partial charge < -0.3 is 5.11 Å². The maximum Gasteiger partial charge on any atom is 0.270 e. The highest BCUT2D eigenvalue weighted by atomic mass is 79.9. The number of thiazole rings is 1. The monoisotopic (exact) mass is 314 g/mol. The van der Waals surface area contributed by atoms with Gasteiger partial charge in [0.2, 0.25) is 0 Å². The van der Waals surface area contributed by atoms with E-state index in [4.69, 9.17) is 0 Å². The molecule has 0 saturated carbocycles. The Morgan fingerprint density at radius 1 is 1.53 bits per heavy atom. The Hall–Kier alpha value is -1.31. The maximum atomic E-state index is 10.7. The molecule has 0 unspecified atom stereocenters. The van der Waals surface area contributed by atoms with Crippen molar-refractivity contribution in [3.63, 3.8) is 0 Å². The predicted molar refractivity (Wildman–Crippen MR) is 67.8 cm³/mol. The van der Waals surface area contributed by atoms with E-state index in [-0.39, 0.29) is 12.3 Å². The molecule has 5 nitrogen and oxygen atoms in total. The molecule has 1 heterocycles. The highest BCUT2D eigenvalue weighted by Gasteiger charge is 2.14. The van der Waals surface area contributed by atoms with E-state index in [1.54, 1.807) is 12.1 Å². The van der Waals surface area contributed by atoms with Gasteiger partial charge in [-0.2, -0.15) is 0 Å². The van der Waals surface area contributed by atoms with Crippen LogP contribution in [0.2, 0.25) is 0 Å². The van der Waals surface area contributed by atoms with Crippen molar-refractivity contribution >= 4 is 33.0 Å². The summed E-state index contributed by atoms with van der Waals surface area (Å²) < 4.78 is 0.642. The minimum absolute atomic E-state index is 0.00973. The van der Waals surface area contributed by atoms with Crippen LogP contribution in [0.1, 0.15) is 4.88 Å². The largest absolute Gasteiger partial charge is 0.391 e. The van der Waals surface area contributed by atoms with Crippen molar-refractivity contribution in [2.75, 3.05) is 0 Å². The van der Waals surface area contributed by atoms with Crippen LogP contribution in [0.4, 0.5) is 5.69 Å². The fraction of sp³-hybridized carbons (Fsp3) is 0.100. The number of aliphatic hydroxyl groups is 1. The average Bonchev–Trinajstić information content (AvgIpc) is 2.70. The standard InChI is InChI=1S/C10H7BrN2O3S/c11-10-12-9(8(5-14)17-10)6-2-1-3-7(4-6)13(15)16/h1-4,14H,5H2. The number of hydrogen-bond donors (Lipinski definition) is 1. The minimum atomic E-state index is -0.455. The van der Waals surface area contributed by atoms with Gasteiger partial charge in [-0.05, 0) is 15.9 Å². The fourth-order valence-electron chi connectivity index (χ4n) is 1.42. The highest BCUT2D eigenvalue weighted by molar-refractivity contribution is 9.11. The van der Waals surface area contributed by atoms with E-state index in [1.165, 1.54) is 23.5 Å². The lowest BCUT2D eigenvalue weighted by molar-refractivity contribution is -0.384. The molecule has 0 fully saturated rings. The Kier molecular flexibility index (Phi) is 3.51. The minimum Gasteiger partial charge on any atom is -0.391 e. The Morgan fingerprint density at radius 2 is 2.29 bits per heavy atom. The summed E-state index contributed by atoms with van der Waals surface area (Å²) in [5, 5.41) is 19.9. The van der Waals surface area contributed by atoms with Gasteiger partial charge in [0.1, 0.15) is 0 Å². The first-order valence-corrected chi connectivity index (χ1v) is 6.23. The molecule has 0 aliphatic carbocycles. The first-order chi connectivity index (χ1) is 8.11. The molecule has 0 aliphatic rings. The number of nitrogens with zero attached hydrogens (tertiary/aromatic N) is 2. The SMILES string of the molecule is O=[N+]([O-])c1cccc(-c2nc(Br)sc2CO)c1. The maximum absolute atomic E-state index is 10.7. The molecule has 2 aromatic rings. The van der Waals surface area contributed by atoms with Crippen molar-refractivity contribution in [3.8, 4) is 11.3 Å². The second kappa shape index (κ2) is 4.91. The Labute approximate surface area is 109 Å². The molecule has 1 N–H and O–H groups in total. The number of aliphatic hydroxyl groups excluding tert-OH is 1. The highest BCUT2D eigenvalue weighted by Crippen LogP contribution is 2.32. The normalized spacial score (nSPS) is 10.5. The first kappa shape index (κ1) is 12.2. The topological polar surface area (TPSA) is 76.3 Å². The van der Waals surface area contributed by atoms with Crippen molar-refractivity contribution in [2.24, 2.45) is 0 Å². The van der Waals surface area contributed by atoms with Gasteiger partial charge in [0, 0.05) is 17.7 Å². The first-order valence-electron chi connectivity index (χ1n) is 4.62. The number of benzene rings is 1. The summed E-state index contributed by atoms with van der Waals surface area (Å²) in [6.07, 6.45) is 0. The molecule has 0 spiro atoms. The number of nitro benzene ring substituents is 1. The summed E-state index contributed by atoms with van der Waals surface area (Å²) in [6, 6.07) is 6.19. The number of non-ortho nitro benzene ring substituents is 1. The van der Waals surface area contributed by atoms with E-state index in [2.05, 4.69) is 20.9 Å². The van der Waals surface area contributed by atoms with Crippen LogP contribution >= 0.6 is 27.3 Å². The molecular weight excluding hydrogens is 308 g/mol. The number of hydrogen-bond acceptors (Lipinski definition) is 5. The second-order valence-electron chi connectivity index (χ2n) is 3.20. The molecule has 1 aromatic carbocycles. The van der Waals surface area contributed by atoms with E-state index in [1.807, 2.05) is 0 Å². The van der Waals surface area contributed by atoms with E-state index < -0.39 is 4.92 Å². The van der Waals surface area contributed by atoms with Gasteiger partial charge >= 0.3 is 0 Å². The molecule has 88 valence electrons. The summed E-state index contributed by atoms with van der Waals surface area (Å²) in [5.41, 5.74) is 1.22. The van der Waals surface area contributed by atoms with Gasteiger partial charge in [0.05, 0.1) is 22.1 Å². The third-order valence-corrected chi connectivity index (χ3v) is 3.64. The molecule has 0 saturated heterocycles. The number of halogens is 1. The van der Waals surface area contributed by atoms with Crippen molar-refractivity contribution in [3.05, 3.63) is 43.2 Å². The summed E-state index contributed by atoms with van der Waals surface area (Å²) in [6.45, 7) is -0.138. The summed E-state index contributed by atoms with van der Waals surface area (Å²) in [7, 11) is 0. The Bertz CT molecular complexity index is 570. The molecule has 0 radical (unpaired) electrons. The van der Waals surface area contributed by atoms with Crippen LogP contribution in [0.5, 0.6) is 0 Å². The summed E-state index contributed by atoms with van der Waals surface area (Å²) in [4.78, 5) is 15.1. The Balaban J connectivity index is 2.52. The van der Waals surface area contributed by atoms with Gasteiger partial charge in [-0.1, -0.05) is 12.1 Å².